The van der Waals surface area contributed by atoms with Gasteiger partial charge in [0.25, 0.3) is 0 Å². The van der Waals surface area contributed by atoms with Crippen LogP contribution >= 0.6 is 0 Å². The summed E-state index contributed by atoms with van der Waals surface area (Å²) in [6, 6.07) is 6.34. The predicted molar refractivity (Wildman–Crippen MR) is 95.7 cm³/mol. The number of likely N-dealkylation sites (tertiary alicyclic amines) is 1. The van der Waals surface area contributed by atoms with Gasteiger partial charge >= 0.3 is 0 Å². The number of sulfonamides is 1. The van der Waals surface area contributed by atoms with Crippen LogP contribution in [0.4, 0.5) is 0 Å². The lowest BCUT2D eigenvalue weighted by molar-refractivity contribution is 0.101. The van der Waals surface area contributed by atoms with Crippen LogP contribution in [0.5, 0.6) is 0 Å². The van der Waals surface area contributed by atoms with Crippen LogP contribution in [0.2, 0.25) is 0 Å². The van der Waals surface area contributed by atoms with E-state index < -0.39 is 10.0 Å². The maximum atomic E-state index is 12.5. The normalized spacial score (nSPS) is 17.3. The van der Waals surface area contributed by atoms with Crippen LogP contribution in [0, 0.1) is 5.92 Å². The molecule has 1 unspecified atom stereocenters. The largest absolute Gasteiger partial charge is 0.299 e. The molecule has 1 fully saturated rings. The van der Waals surface area contributed by atoms with Crippen LogP contribution in [0.15, 0.2) is 29.2 Å². The summed E-state index contributed by atoms with van der Waals surface area (Å²) in [7, 11) is -3.55. The molecule has 1 aliphatic rings. The lowest BCUT2D eigenvalue weighted by Crippen LogP contribution is -2.43. The first-order valence-electron chi connectivity index (χ1n) is 8.64. The Morgan fingerprint density at radius 2 is 1.75 bits per heavy atom. The van der Waals surface area contributed by atoms with E-state index in [0.29, 0.717) is 18.0 Å². The van der Waals surface area contributed by atoms with E-state index in [0.717, 1.165) is 19.5 Å². The molecule has 24 heavy (non-hydrogen) atoms. The van der Waals surface area contributed by atoms with Crippen LogP contribution in [0.1, 0.15) is 50.4 Å². The van der Waals surface area contributed by atoms with Crippen molar-refractivity contribution in [3.8, 4) is 0 Å². The number of Topliss-reactive ketones (excluding diaryl/α,β-unsaturated/α-hetero) is 1. The van der Waals surface area contributed by atoms with Crippen molar-refractivity contribution in [2.24, 2.45) is 5.92 Å². The van der Waals surface area contributed by atoms with Crippen LogP contribution in [-0.2, 0) is 10.0 Å². The minimum absolute atomic E-state index is 0.0714. The van der Waals surface area contributed by atoms with Gasteiger partial charge in [0.15, 0.2) is 5.78 Å². The van der Waals surface area contributed by atoms with E-state index in [1.54, 1.807) is 12.1 Å². The molecule has 1 N–H and O–H groups in total. The zero-order chi connectivity index (χ0) is 17.7. The van der Waals surface area contributed by atoms with E-state index in [-0.39, 0.29) is 16.7 Å². The molecule has 0 bridgehead atoms. The van der Waals surface area contributed by atoms with Crippen molar-refractivity contribution in [3.63, 3.8) is 0 Å². The number of ketones is 1. The van der Waals surface area contributed by atoms with Gasteiger partial charge in [-0.2, -0.15) is 0 Å². The molecule has 2 rings (SSSR count). The summed E-state index contributed by atoms with van der Waals surface area (Å²) in [4.78, 5) is 13.9. The first kappa shape index (κ1) is 19.1. The smallest absolute Gasteiger partial charge is 0.240 e. The number of nitrogens with one attached hydrogen (secondary N) is 1. The maximum absolute atomic E-state index is 12.5. The first-order chi connectivity index (χ1) is 11.3. The average Bonchev–Trinajstić information content (AvgIpc) is 3.05. The molecule has 6 heteroatoms. The van der Waals surface area contributed by atoms with Gasteiger partial charge in [0, 0.05) is 18.2 Å². The summed E-state index contributed by atoms with van der Waals surface area (Å²) in [6.07, 6.45) is 3.35. The summed E-state index contributed by atoms with van der Waals surface area (Å²) in [5, 5.41) is 0. The lowest BCUT2D eigenvalue weighted by Gasteiger charge is -2.29. The van der Waals surface area contributed by atoms with E-state index in [1.165, 1.54) is 31.9 Å². The Bertz CT molecular complexity index is 647. The highest BCUT2D eigenvalue weighted by Gasteiger charge is 2.25. The number of carbonyl (C=O) groups is 1. The molecule has 1 atom stereocenters. The van der Waals surface area contributed by atoms with Crippen molar-refractivity contribution in [3.05, 3.63) is 29.8 Å². The van der Waals surface area contributed by atoms with Gasteiger partial charge in [-0.1, -0.05) is 26.0 Å². The topological polar surface area (TPSA) is 66.5 Å². The molecule has 134 valence electrons. The molecule has 0 saturated carbocycles. The molecule has 1 aromatic carbocycles. The third kappa shape index (κ3) is 5.13. The zero-order valence-corrected chi connectivity index (χ0v) is 15.6. The van der Waals surface area contributed by atoms with Crippen molar-refractivity contribution < 1.29 is 13.2 Å². The molecule has 1 aromatic rings. The predicted octanol–water partition coefficient (Wildman–Crippen LogP) is 2.68. The van der Waals surface area contributed by atoms with Gasteiger partial charge < -0.3 is 0 Å². The highest BCUT2D eigenvalue weighted by Crippen LogP contribution is 2.18. The fourth-order valence-corrected chi connectivity index (χ4v) is 4.24. The zero-order valence-electron chi connectivity index (χ0n) is 14.8. The summed E-state index contributed by atoms with van der Waals surface area (Å²) in [5.41, 5.74) is 0.517. The van der Waals surface area contributed by atoms with Crippen molar-refractivity contribution in [2.45, 2.75) is 51.0 Å². The Kier molecular flexibility index (Phi) is 6.54. The maximum Gasteiger partial charge on any atom is 0.240 e. The molecule has 0 aromatic heterocycles. The average molecular weight is 353 g/mol. The van der Waals surface area contributed by atoms with Crippen LogP contribution < -0.4 is 4.72 Å². The Hall–Kier alpha value is -1.24. The molecule has 0 amide bonds. The van der Waals surface area contributed by atoms with E-state index in [2.05, 4.69) is 23.5 Å². The Balaban J connectivity index is 2.04. The SMILES string of the molecule is CC(=O)c1ccc(S(=O)(=O)NCC(CC(C)C)N2CCCC2)cc1. The molecule has 5 nitrogen and oxygen atoms in total. The van der Waals surface area contributed by atoms with Gasteiger partial charge in [-0.25, -0.2) is 13.1 Å². The van der Waals surface area contributed by atoms with Gasteiger partial charge in [-0.15, -0.1) is 0 Å². The standard InChI is InChI=1S/C18H28N2O3S/c1-14(2)12-17(20-10-4-5-11-20)13-19-24(22,23)18-8-6-16(7-9-18)15(3)21/h6-9,14,17,19H,4-5,10-13H2,1-3H3. The highest BCUT2D eigenvalue weighted by atomic mass is 32.2. The van der Waals surface area contributed by atoms with E-state index in [9.17, 15) is 13.2 Å². The second kappa shape index (κ2) is 8.23. The van der Waals surface area contributed by atoms with Gasteiger partial charge in [0.2, 0.25) is 10.0 Å². The Morgan fingerprint density at radius 3 is 2.25 bits per heavy atom. The summed E-state index contributed by atoms with van der Waals surface area (Å²) < 4.78 is 27.8. The molecule has 0 spiro atoms. The summed E-state index contributed by atoms with van der Waals surface area (Å²) in [5.74, 6) is 0.452. The molecule has 0 radical (unpaired) electrons. The second-order valence-electron chi connectivity index (χ2n) is 6.96. The van der Waals surface area contributed by atoms with Crippen molar-refractivity contribution in [1.82, 2.24) is 9.62 Å². The van der Waals surface area contributed by atoms with E-state index in [1.807, 2.05) is 0 Å². The number of hydrogen-bond donors (Lipinski definition) is 1. The number of carbonyl (C=O) groups excluding carboxylic acids is 1. The fraction of sp³-hybridized carbons (Fsp3) is 0.611. The lowest BCUT2D eigenvalue weighted by atomic mass is 10.0. The van der Waals surface area contributed by atoms with Crippen molar-refractivity contribution >= 4 is 15.8 Å². The molecular formula is C18H28N2O3S. The highest BCUT2D eigenvalue weighted by molar-refractivity contribution is 7.89. The molecule has 0 aliphatic carbocycles. The molecule has 1 saturated heterocycles. The fourth-order valence-electron chi connectivity index (χ4n) is 3.17. The van der Waals surface area contributed by atoms with E-state index in [4.69, 9.17) is 0 Å². The Labute approximate surface area is 145 Å². The molecular weight excluding hydrogens is 324 g/mol. The van der Waals surface area contributed by atoms with Crippen LogP contribution in [-0.4, -0.2) is 44.8 Å². The van der Waals surface area contributed by atoms with E-state index >= 15 is 0 Å². The number of hydrogen-bond acceptors (Lipinski definition) is 4. The third-order valence-electron chi connectivity index (χ3n) is 4.48. The quantitative estimate of drug-likeness (QED) is 0.731. The van der Waals surface area contributed by atoms with Gasteiger partial charge in [-0.05, 0) is 57.3 Å². The number of benzene rings is 1. The third-order valence-corrected chi connectivity index (χ3v) is 5.92. The number of rotatable bonds is 8. The van der Waals surface area contributed by atoms with Gasteiger partial charge in [-0.3, -0.25) is 9.69 Å². The number of nitrogens with zero attached hydrogens (tertiary/aromatic N) is 1. The van der Waals surface area contributed by atoms with Gasteiger partial charge in [0.1, 0.15) is 0 Å². The monoisotopic (exact) mass is 352 g/mol. The Morgan fingerprint density at radius 1 is 1.17 bits per heavy atom. The first-order valence-corrected chi connectivity index (χ1v) is 10.1. The van der Waals surface area contributed by atoms with Crippen molar-refractivity contribution in [1.29, 1.82) is 0 Å². The molecule has 1 aliphatic heterocycles. The van der Waals surface area contributed by atoms with Crippen molar-refractivity contribution in [2.75, 3.05) is 19.6 Å². The summed E-state index contributed by atoms with van der Waals surface area (Å²) in [6.45, 7) is 8.32. The van der Waals surface area contributed by atoms with Gasteiger partial charge in [0.05, 0.1) is 4.90 Å². The van der Waals surface area contributed by atoms with Crippen LogP contribution in [0.3, 0.4) is 0 Å². The molecule has 1 heterocycles. The minimum Gasteiger partial charge on any atom is -0.299 e. The summed E-state index contributed by atoms with van der Waals surface area (Å²) >= 11 is 0. The van der Waals surface area contributed by atoms with Crippen LogP contribution in [0.25, 0.3) is 0 Å². The minimum atomic E-state index is -3.55. The second-order valence-corrected chi connectivity index (χ2v) is 8.73.